The molecule has 0 heterocycles. The van der Waals surface area contributed by atoms with Crippen molar-refractivity contribution in [3.8, 4) is 0 Å². The molecule has 252 valence electrons. The Kier molecular flexibility index (Phi) is 9.51. The number of aliphatic carboxylic acids is 1. The highest BCUT2D eigenvalue weighted by molar-refractivity contribution is 5.85. The molecular weight excluding hydrogens is 576 g/mol. The van der Waals surface area contributed by atoms with Crippen LogP contribution in [-0.4, -0.2) is 58.5 Å². The van der Waals surface area contributed by atoms with Crippen LogP contribution in [0, 0.1) is 39.4 Å². The Labute approximate surface area is 268 Å². The zero-order chi connectivity index (χ0) is 33.9. The van der Waals surface area contributed by atoms with Crippen LogP contribution in [0.4, 0.5) is 0 Å². The number of allylic oxidation sites excluding steroid dienone is 1. The molecule has 0 bridgehead atoms. The number of aliphatic hydroxyl groups is 1. The summed E-state index contributed by atoms with van der Waals surface area (Å²) in [5.74, 6) is -2.24. The Bertz CT molecular complexity index is 1290. The lowest BCUT2D eigenvalue weighted by molar-refractivity contribution is -0.173. The third-order valence-corrected chi connectivity index (χ3v) is 13.0. The van der Waals surface area contributed by atoms with E-state index in [4.69, 9.17) is 14.2 Å². The lowest BCUT2D eigenvalue weighted by atomic mass is 9.42. The van der Waals surface area contributed by atoms with Crippen molar-refractivity contribution < 1.29 is 43.6 Å². The maximum atomic E-state index is 12.6. The Balaban J connectivity index is 1.81. The van der Waals surface area contributed by atoms with Crippen LogP contribution in [0.1, 0.15) is 114 Å². The van der Waals surface area contributed by atoms with Gasteiger partial charge >= 0.3 is 23.9 Å². The minimum absolute atomic E-state index is 0.0471. The number of fused-ring (bicyclic) bond motifs is 4. The lowest BCUT2D eigenvalue weighted by Crippen LogP contribution is -2.60. The SMILES string of the molecule is CC(=O)OC1CC2C(C)(CCC(OC(C)=O)C2(C)C)C2=C1C1(C)C(O)CC(C(C)C(CC=C(C)C(=O)O)OC(C)=O)C1(C)CC2. The fourth-order valence-corrected chi connectivity index (χ4v) is 10.4. The van der Waals surface area contributed by atoms with Gasteiger partial charge in [-0.15, -0.1) is 0 Å². The number of ether oxygens (including phenoxy) is 3. The second kappa shape index (κ2) is 12.2. The molecule has 2 fully saturated rings. The summed E-state index contributed by atoms with van der Waals surface area (Å²) < 4.78 is 17.8. The molecule has 9 heteroatoms. The average Bonchev–Trinajstić information content (AvgIpc) is 3.13. The van der Waals surface area contributed by atoms with Crippen LogP contribution in [0.15, 0.2) is 22.8 Å². The van der Waals surface area contributed by atoms with E-state index >= 15 is 0 Å². The van der Waals surface area contributed by atoms with E-state index in [1.54, 1.807) is 6.08 Å². The molecule has 2 N–H and O–H groups in total. The van der Waals surface area contributed by atoms with Crippen molar-refractivity contribution in [3.63, 3.8) is 0 Å². The summed E-state index contributed by atoms with van der Waals surface area (Å²) >= 11 is 0. The molecule has 0 amide bonds. The number of carbonyl (C=O) groups is 4. The largest absolute Gasteiger partial charge is 0.478 e. The Morgan fingerprint density at radius 2 is 1.56 bits per heavy atom. The number of carboxylic acid groups (broad SMARTS) is 1. The highest BCUT2D eigenvalue weighted by Gasteiger charge is 2.69. The van der Waals surface area contributed by atoms with E-state index in [1.165, 1.54) is 33.3 Å². The molecule has 0 radical (unpaired) electrons. The molecule has 10 atom stereocenters. The van der Waals surface area contributed by atoms with Crippen molar-refractivity contribution in [2.75, 3.05) is 0 Å². The molecule has 2 saturated carbocycles. The zero-order valence-corrected chi connectivity index (χ0v) is 28.8. The van der Waals surface area contributed by atoms with Gasteiger partial charge in [0.2, 0.25) is 0 Å². The summed E-state index contributed by atoms with van der Waals surface area (Å²) in [4.78, 5) is 48.3. The molecule has 4 rings (SSSR count). The van der Waals surface area contributed by atoms with Crippen molar-refractivity contribution in [1.29, 1.82) is 0 Å². The molecule has 10 unspecified atom stereocenters. The van der Waals surface area contributed by atoms with Crippen molar-refractivity contribution >= 4 is 23.9 Å². The highest BCUT2D eigenvalue weighted by atomic mass is 16.6. The van der Waals surface area contributed by atoms with Gasteiger partial charge in [0.15, 0.2) is 0 Å². The average molecular weight is 631 g/mol. The Hall–Kier alpha value is -2.68. The van der Waals surface area contributed by atoms with Crippen molar-refractivity contribution in [3.05, 3.63) is 22.8 Å². The minimum Gasteiger partial charge on any atom is -0.478 e. The van der Waals surface area contributed by atoms with E-state index in [0.717, 1.165) is 31.3 Å². The van der Waals surface area contributed by atoms with Crippen LogP contribution in [0.2, 0.25) is 0 Å². The molecule has 9 nitrogen and oxygen atoms in total. The third-order valence-electron chi connectivity index (χ3n) is 13.0. The molecule has 0 spiro atoms. The predicted octanol–water partition coefficient (Wildman–Crippen LogP) is 6.17. The molecule has 0 aromatic heterocycles. The smallest absolute Gasteiger partial charge is 0.330 e. The minimum atomic E-state index is -1.02. The van der Waals surface area contributed by atoms with Gasteiger partial charge in [0.05, 0.1) is 6.10 Å². The zero-order valence-electron chi connectivity index (χ0n) is 28.8. The van der Waals surface area contributed by atoms with E-state index < -0.39 is 41.1 Å². The van der Waals surface area contributed by atoms with Crippen LogP contribution in [0.25, 0.3) is 0 Å². The van der Waals surface area contributed by atoms with E-state index in [1.807, 2.05) is 6.92 Å². The van der Waals surface area contributed by atoms with Gasteiger partial charge < -0.3 is 24.4 Å². The number of aliphatic hydroxyl groups excluding tert-OH is 1. The van der Waals surface area contributed by atoms with Crippen LogP contribution in [0.5, 0.6) is 0 Å². The maximum absolute atomic E-state index is 12.6. The summed E-state index contributed by atoms with van der Waals surface area (Å²) in [6.45, 7) is 18.8. The summed E-state index contributed by atoms with van der Waals surface area (Å²) in [6.07, 6.45) is 4.04. The molecule has 0 aliphatic heterocycles. The third kappa shape index (κ3) is 5.76. The van der Waals surface area contributed by atoms with Gasteiger partial charge in [-0.1, -0.05) is 53.2 Å². The first-order chi connectivity index (χ1) is 20.7. The summed E-state index contributed by atoms with van der Waals surface area (Å²) in [7, 11) is 0. The second-order valence-corrected chi connectivity index (χ2v) is 15.6. The monoisotopic (exact) mass is 630 g/mol. The number of carbonyl (C=O) groups excluding carboxylic acids is 3. The molecule has 0 aromatic rings. The topological polar surface area (TPSA) is 136 Å². The molecular formula is C36H54O9. The Morgan fingerprint density at radius 1 is 0.933 bits per heavy atom. The molecule has 4 aliphatic rings. The first-order valence-electron chi connectivity index (χ1n) is 16.6. The Morgan fingerprint density at radius 3 is 2.11 bits per heavy atom. The van der Waals surface area contributed by atoms with E-state index in [-0.39, 0.29) is 58.6 Å². The van der Waals surface area contributed by atoms with Gasteiger partial charge in [0.25, 0.3) is 0 Å². The van der Waals surface area contributed by atoms with Gasteiger partial charge in [0, 0.05) is 43.6 Å². The molecule has 4 aliphatic carbocycles. The number of rotatable bonds is 8. The molecule has 45 heavy (non-hydrogen) atoms. The lowest BCUT2D eigenvalue weighted by Gasteiger charge is -2.63. The van der Waals surface area contributed by atoms with Crippen molar-refractivity contribution in [2.45, 2.75) is 139 Å². The first-order valence-corrected chi connectivity index (χ1v) is 16.6. The number of carboxylic acids is 1. The summed E-state index contributed by atoms with van der Waals surface area (Å²) in [6, 6.07) is 0. The van der Waals surface area contributed by atoms with Gasteiger partial charge in [0.1, 0.15) is 18.3 Å². The van der Waals surface area contributed by atoms with Crippen LogP contribution in [-0.2, 0) is 33.4 Å². The van der Waals surface area contributed by atoms with Gasteiger partial charge in [-0.3, -0.25) is 14.4 Å². The number of hydrogen-bond acceptors (Lipinski definition) is 8. The number of esters is 3. The van der Waals surface area contributed by atoms with Crippen LogP contribution < -0.4 is 0 Å². The molecule has 0 saturated heterocycles. The van der Waals surface area contributed by atoms with Gasteiger partial charge in [-0.05, 0) is 79.6 Å². The first kappa shape index (κ1) is 35.2. The van der Waals surface area contributed by atoms with Gasteiger partial charge in [-0.2, -0.15) is 0 Å². The normalized spacial score (nSPS) is 38.6. The van der Waals surface area contributed by atoms with Crippen molar-refractivity contribution in [2.24, 2.45) is 39.4 Å². The van der Waals surface area contributed by atoms with E-state index in [0.29, 0.717) is 12.8 Å². The quantitative estimate of drug-likeness (QED) is 0.140. The van der Waals surface area contributed by atoms with E-state index in [9.17, 15) is 29.4 Å². The number of hydrogen-bond donors (Lipinski definition) is 2. The van der Waals surface area contributed by atoms with Crippen LogP contribution >= 0.6 is 0 Å². The second-order valence-electron chi connectivity index (χ2n) is 15.6. The van der Waals surface area contributed by atoms with Crippen molar-refractivity contribution in [1.82, 2.24) is 0 Å². The maximum Gasteiger partial charge on any atom is 0.330 e. The summed E-state index contributed by atoms with van der Waals surface area (Å²) in [5.41, 5.74) is 0.789. The fourth-order valence-electron chi connectivity index (χ4n) is 10.4. The standard InChI is InChI=1S/C36H54O9/c1-19(32(41)42)11-12-26(43-21(3)37)20(2)25-17-29(40)36(10)31-24(13-16-35(25,36)9)34(8)15-14-30(45-23(5)39)33(6,7)28(34)18-27(31)44-22(4)38/h11,20,25-30,40H,12-18H2,1-10H3,(H,41,42). The molecule has 0 aromatic carbocycles. The predicted molar refractivity (Wildman–Crippen MR) is 168 cm³/mol. The fraction of sp³-hybridized carbons (Fsp3) is 0.778. The van der Waals surface area contributed by atoms with Crippen LogP contribution in [0.3, 0.4) is 0 Å². The highest BCUT2D eigenvalue weighted by Crippen LogP contribution is 2.73. The summed E-state index contributed by atoms with van der Waals surface area (Å²) in [5, 5.41) is 21.5. The van der Waals surface area contributed by atoms with Gasteiger partial charge in [-0.25, -0.2) is 4.79 Å². The van der Waals surface area contributed by atoms with E-state index in [2.05, 4.69) is 34.6 Å².